The van der Waals surface area contributed by atoms with Crippen molar-refractivity contribution in [3.05, 3.63) is 94.8 Å². The molecule has 0 aliphatic heterocycles. The first kappa shape index (κ1) is 15.5. The van der Waals surface area contributed by atoms with Crippen molar-refractivity contribution in [1.82, 2.24) is 15.0 Å². The number of H-pyrrole nitrogens is 1. The number of pyridine rings is 2. The molecule has 0 fully saturated rings. The third-order valence-corrected chi connectivity index (χ3v) is 4.32. The topological polar surface area (TPSA) is 41.6 Å². The minimum atomic E-state index is -0.179. The summed E-state index contributed by atoms with van der Waals surface area (Å²) in [6, 6.07) is 11.3. The number of fused-ring (bicyclic) bond motifs is 1. The van der Waals surface area contributed by atoms with Gasteiger partial charge >= 0.3 is 0 Å². The van der Waals surface area contributed by atoms with Crippen molar-refractivity contribution in [3.8, 4) is 0 Å². The molecule has 1 radical (unpaired) electrons. The average molecular weight is 330 g/mol. The van der Waals surface area contributed by atoms with Crippen LogP contribution in [0, 0.1) is 18.9 Å². The Hall–Kier alpha value is -3.01. The second kappa shape index (κ2) is 6.48. The molecule has 4 aromatic rings. The molecule has 3 nitrogen and oxygen atoms in total. The highest BCUT2D eigenvalue weighted by Gasteiger charge is 2.08. The minimum Gasteiger partial charge on any atom is -0.346 e. The van der Waals surface area contributed by atoms with Gasteiger partial charge in [0.05, 0.1) is 6.20 Å². The molecule has 0 saturated heterocycles. The largest absolute Gasteiger partial charge is 0.346 e. The summed E-state index contributed by atoms with van der Waals surface area (Å²) in [4.78, 5) is 11.7. The second-order valence-corrected chi connectivity index (χ2v) is 6.28. The molecule has 0 spiro atoms. The standard InChI is InChI=1S/C21H17FN3/c1-14-4-5-17(20(22)7-14)9-15-8-16(12-23-11-15)10-18-13-25-21-19(18)3-2-6-24-21/h2-8,12-13H,9-10H2,1H3,(H,24,25). The minimum absolute atomic E-state index is 0.179. The quantitative estimate of drug-likeness (QED) is 0.603. The van der Waals surface area contributed by atoms with Crippen molar-refractivity contribution in [2.75, 3.05) is 0 Å². The van der Waals surface area contributed by atoms with Crippen molar-refractivity contribution >= 4 is 11.0 Å². The van der Waals surface area contributed by atoms with E-state index < -0.39 is 0 Å². The van der Waals surface area contributed by atoms with Crippen LogP contribution in [0.3, 0.4) is 0 Å². The van der Waals surface area contributed by atoms with Crippen molar-refractivity contribution in [2.24, 2.45) is 0 Å². The SMILES string of the molecule is Cc1ccc(Cc2[c]ncc(Cc3c[nH]c4ncccc34)c2)c(F)c1. The molecule has 0 atom stereocenters. The first-order chi connectivity index (χ1) is 12.2. The van der Waals surface area contributed by atoms with E-state index in [1.165, 1.54) is 5.56 Å². The zero-order valence-corrected chi connectivity index (χ0v) is 13.9. The van der Waals surface area contributed by atoms with Crippen LogP contribution in [-0.4, -0.2) is 15.0 Å². The van der Waals surface area contributed by atoms with Crippen LogP contribution in [0.2, 0.25) is 0 Å². The van der Waals surface area contributed by atoms with Crippen LogP contribution >= 0.6 is 0 Å². The number of hydrogen-bond donors (Lipinski definition) is 1. The lowest BCUT2D eigenvalue weighted by Crippen LogP contribution is -1.97. The number of aryl methyl sites for hydroxylation is 1. The Labute approximate surface area is 145 Å². The number of aromatic amines is 1. The summed E-state index contributed by atoms with van der Waals surface area (Å²) in [5.74, 6) is -0.179. The summed E-state index contributed by atoms with van der Waals surface area (Å²) in [5.41, 5.74) is 5.60. The zero-order valence-electron chi connectivity index (χ0n) is 13.9. The predicted octanol–water partition coefficient (Wildman–Crippen LogP) is 4.39. The van der Waals surface area contributed by atoms with Gasteiger partial charge in [-0.05, 0) is 52.9 Å². The van der Waals surface area contributed by atoms with E-state index in [2.05, 4.69) is 27.2 Å². The predicted molar refractivity (Wildman–Crippen MR) is 95.9 cm³/mol. The molecular formula is C21H17FN3. The Balaban J connectivity index is 1.59. The highest BCUT2D eigenvalue weighted by Crippen LogP contribution is 2.20. The Kier molecular flexibility index (Phi) is 4.02. The molecule has 3 aromatic heterocycles. The second-order valence-electron chi connectivity index (χ2n) is 6.28. The van der Waals surface area contributed by atoms with E-state index in [1.807, 2.05) is 43.6 Å². The van der Waals surface area contributed by atoms with E-state index >= 15 is 0 Å². The van der Waals surface area contributed by atoms with E-state index in [0.29, 0.717) is 12.0 Å². The summed E-state index contributed by atoms with van der Waals surface area (Å²) in [6.45, 7) is 1.89. The summed E-state index contributed by atoms with van der Waals surface area (Å²) < 4.78 is 14.1. The molecule has 4 rings (SSSR count). The summed E-state index contributed by atoms with van der Waals surface area (Å²) in [7, 11) is 0. The maximum absolute atomic E-state index is 14.1. The van der Waals surface area contributed by atoms with Crippen molar-refractivity contribution < 1.29 is 4.39 Å². The molecule has 3 heterocycles. The molecule has 1 aromatic carbocycles. The molecule has 0 aliphatic carbocycles. The van der Waals surface area contributed by atoms with Crippen LogP contribution in [-0.2, 0) is 12.8 Å². The molecule has 25 heavy (non-hydrogen) atoms. The van der Waals surface area contributed by atoms with Crippen LogP contribution in [0.25, 0.3) is 11.0 Å². The average Bonchev–Trinajstić information content (AvgIpc) is 3.01. The van der Waals surface area contributed by atoms with Crippen LogP contribution in [0.4, 0.5) is 4.39 Å². The van der Waals surface area contributed by atoms with Crippen LogP contribution < -0.4 is 0 Å². The Morgan fingerprint density at radius 2 is 2.04 bits per heavy atom. The lowest BCUT2D eigenvalue weighted by atomic mass is 10.0. The van der Waals surface area contributed by atoms with E-state index in [1.54, 1.807) is 12.3 Å². The smallest absolute Gasteiger partial charge is 0.137 e. The number of benzene rings is 1. The maximum Gasteiger partial charge on any atom is 0.137 e. The van der Waals surface area contributed by atoms with E-state index in [9.17, 15) is 4.39 Å². The van der Waals surface area contributed by atoms with E-state index in [0.717, 1.165) is 34.1 Å². The van der Waals surface area contributed by atoms with Gasteiger partial charge in [-0.2, -0.15) is 0 Å². The number of aromatic nitrogens is 3. The Morgan fingerprint density at radius 1 is 1.12 bits per heavy atom. The summed E-state index contributed by atoms with van der Waals surface area (Å²) >= 11 is 0. The Bertz CT molecular complexity index is 1040. The molecular weight excluding hydrogens is 313 g/mol. The highest BCUT2D eigenvalue weighted by atomic mass is 19.1. The number of hydrogen-bond acceptors (Lipinski definition) is 2. The van der Waals surface area contributed by atoms with Crippen molar-refractivity contribution in [3.63, 3.8) is 0 Å². The maximum atomic E-state index is 14.1. The van der Waals surface area contributed by atoms with Crippen LogP contribution in [0.1, 0.15) is 27.8 Å². The molecule has 123 valence electrons. The third-order valence-electron chi connectivity index (χ3n) is 4.32. The fourth-order valence-electron chi connectivity index (χ4n) is 3.06. The fourth-order valence-corrected chi connectivity index (χ4v) is 3.06. The van der Waals surface area contributed by atoms with E-state index in [-0.39, 0.29) is 5.82 Å². The molecule has 0 saturated carbocycles. The van der Waals surface area contributed by atoms with Crippen molar-refractivity contribution in [2.45, 2.75) is 19.8 Å². The first-order valence-electron chi connectivity index (χ1n) is 8.20. The zero-order chi connectivity index (χ0) is 17.2. The highest BCUT2D eigenvalue weighted by molar-refractivity contribution is 5.79. The van der Waals surface area contributed by atoms with Crippen molar-refractivity contribution in [1.29, 1.82) is 0 Å². The van der Waals surface area contributed by atoms with Gasteiger partial charge in [0, 0.05) is 36.8 Å². The van der Waals surface area contributed by atoms with Gasteiger partial charge in [-0.1, -0.05) is 18.2 Å². The normalized spacial score (nSPS) is 11.1. The van der Waals surface area contributed by atoms with Gasteiger partial charge in [-0.25, -0.2) is 9.37 Å². The van der Waals surface area contributed by atoms with Gasteiger partial charge in [0.15, 0.2) is 0 Å². The van der Waals surface area contributed by atoms with Gasteiger partial charge < -0.3 is 4.98 Å². The molecule has 4 heteroatoms. The number of nitrogens with zero attached hydrogens (tertiary/aromatic N) is 2. The molecule has 0 amide bonds. The molecule has 0 aliphatic rings. The lowest BCUT2D eigenvalue weighted by Gasteiger charge is -2.06. The van der Waals surface area contributed by atoms with E-state index in [4.69, 9.17) is 0 Å². The molecule has 0 bridgehead atoms. The van der Waals surface area contributed by atoms with Gasteiger partial charge in [0.2, 0.25) is 0 Å². The lowest BCUT2D eigenvalue weighted by molar-refractivity contribution is 0.612. The molecule has 0 unspecified atom stereocenters. The van der Waals surface area contributed by atoms with Crippen LogP contribution in [0.5, 0.6) is 0 Å². The van der Waals surface area contributed by atoms with Crippen LogP contribution in [0.15, 0.2) is 55.0 Å². The Morgan fingerprint density at radius 3 is 2.92 bits per heavy atom. The summed E-state index contributed by atoms with van der Waals surface area (Å²) in [5, 5.41) is 1.11. The number of nitrogens with one attached hydrogen (secondary N) is 1. The fraction of sp³-hybridized carbons (Fsp3) is 0.143. The first-order valence-corrected chi connectivity index (χ1v) is 8.20. The van der Waals surface area contributed by atoms with Gasteiger partial charge in [0.25, 0.3) is 0 Å². The summed E-state index contributed by atoms with van der Waals surface area (Å²) in [6.07, 6.45) is 9.78. The van der Waals surface area contributed by atoms with Gasteiger partial charge in [0.1, 0.15) is 11.5 Å². The number of rotatable bonds is 4. The number of halogens is 1. The third kappa shape index (κ3) is 3.29. The van der Waals surface area contributed by atoms with Gasteiger partial charge in [-0.3, -0.25) is 4.98 Å². The molecule has 1 N–H and O–H groups in total. The monoisotopic (exact) mass is 330 g/mol. The van der Waals surface area contributed by atoms with Gasteiger partial charge in [-0.15, -0.1) is 0 Å².